The van der Waals surface area contributed by atoms with Gasteiger partial charge in [-0.25, -0.2) is 4.57 Å². The maximum Gasteiger partial charge on any atom is 0.472 e. The van der Waals surface area contributed by atoms with Gasteiger partial charge >= 0.3 is 7.82 Å². The average Bonchev–Trinajstić information content (AvgIpc) is 3.04. The number of phosphoric ester groups is 1. The maximum absolute atomic E-state index is 12.7. The van der Waals surface area contributed by atoms with Crippen molar-refractivity contribution in [3.63, 3.8) is 0 Å². The number of aliphatic hydroxyl groups excluding tert-OH is 2. The molecule has 0 heterocycles. The topological polar surface area (TPSA) is 151 Å². The van der Waals surface area contributed by atoms with Crippen LogP contribution in [0.3, 0.4) is 0 Å². The number of rotatable bonds is 33. The highest BCUT2D eigenvalue weighted by Gasteiger charge is 2.27. The summed E-state index contributed by atoms with van der Waals surface area (Å²) in [6.07, 6.45) is 35.0. The number of unbranched alkanes of at least 4 members (excludes halogenated alkanes) is 13. The van der Waals surface area contributed by atoms with Crippen molar-refractivity contribution in [1.29, 1.82) is 0 Å². The lowest BCUT2D eigenvalue weighted by Crippen LogP contribution is -2.46. The molecule has 4 atom stereocenters. The van der Waals surface area contributed by atoms with E-state index >= 15 is 0 Å². The molecule has 274 valence electrons. The molecule has 0 bridgehead atoms. The zero-order valence-corrected chi connectivity index (χ0v) is 30.5. The quantitative estimate of drug-likeness (QED) is 0.0263. The van der Waals surface area contributed by atoms with Crippen LogP contribution >= 0.6 is 7.82 Å². The van der Waals surface area contributed by atoms with E-state index in [0.717, 1.165) is 57.8 Å². The molecule has 0 saturated carbocycles. The third kappa shape index (κ3) is 31.4. The van der Waals surface area contributed by atoms with E-state index in [1.54, 1.807) is 6.08 Å². The Bertz CT molecular complexity index is 894. The van der Waals surface area contributed by atoms with Crippen LogP contribution in [0.4, 0.5) is 0 Å². The summed E-state index contributed by atoms with van der Waals surface area (Å²) in [5, 5.41) is 23.8. The van der Waals surface area contributed by atoms with E-state index in [4.69, 9.17) is 14.8 Å². The molecule has 0 spiro atoms. The highest BCUT2D eigenvalue weighted by molar-refractivity contribution is 7.47. The molecule has 0 aromatic carbocycles. The molecule has 0 saturated heterocycles. The summed E-state index contributed by atoms with van der Waals surface area (Å²) >= 11 is 0. The molecule has 47 heavy (non-hydrogen) atoms. The van der Waals surface area contributed by atoms with Crippen LogP contribution in [-0.4, -0.2) is 59.0 Å². The molecular formula is C37H69N2O7P. The van der Waals surface area contributed by atoms with Gasteiger partial charge in [0, 0.05) is 6.54 Å². The van der Waals surface area contributed by atoms with Crippen molar-refractivity contribution >= 4 is 13.7 Å². The summed E-state index contributed by atoms with van der Waals surface area (Å²) in [4.78, 5) is 22.6. The lowest BCUT2D eigenvalue weighted by atomic mass is 10.0. The maximum atomic E-state index is 12.7. The second-order valence-corrected chi connectivity index (χ2v) is 13.7. The zero-order chi connectivity index (χ0) is 34.9. The smallest absolute Gasteiger partial charge is 0.393 e. The Labute approximate surface area is 286 Å². The highest BCUT2D eigenvalue weighted by Crippen LogP contribution is 2.43. The van der Waals surface area contributed by atoms with Crippen LogP contribution in [0.5, 0.6) is 0 Å². The summed E-state index contributed by atoms with van der Waals surface area (Å²) in [6.45, 7) is 3.77. The Hall–Kier alpha value is -1.58. The molecule has 0 rings (SSSR count). The van der Waals surface area contributed by atoms with Crippen LogP contribution in [0.2, 0.25) is 0 Å². The Morgan fingerprint density at radius 3 is 1.87 bits per heavy atom. The minimum atomic E-state index is -4.40. The normalized spacial score (nSPS) is 15.6. The fraction of sp³-hybridized carbons (Fsp3) is 0.757. The largest absolute Gasteiger partial charge is 0.472 e. The molecule has 0 fully saturated rings. The van der Waals surface area contributed by atoms with Gasteiger partial charge in [-0.15, -0.1) is 0 Å². The van der Waals surface area contributed by atoms with Crippen LogP contribution < -0.4 is 11.1 Å². The molecule has 0 aromatic rings. The van der Waals surface area contributed by atoms with Crippen molar-refractivity contribution < 1.29 is 33.5 Å². The molecule has 0 aliphatic carbocycles. The van der Waals surface area contributed by atoms with Crippen molar-refractivity contribution in [2.24, 2.45) is 5.73 Å². The lowest BCUT2D eigenvalue weighted by molar-refractivity contribution is -0.124. The third-order valence-corrected chi connectivity index (χ3v) is 8.65. The first-order valence-electron chi connectivity index (χ1n) is 18.3. The number of amides is 1. The number of carbonyl (C=O) groups excluding carboxylic acids is 1. The van der Waals surface area contributed by atoms with E-state index in [2.05, 4.69) is 55.6 Å². The first-order valence-corrected chi connectivity index (χ1v) is 19.8. The van der Waals surface area contributed by atoms with E-state index in [1.807, 2.05) is 0 Å². The minimum Gasteiger partial charge on any atom is -0.393 e. The Morgan fingerprint density at radius 1 is 0.745 bits per heavy atom. The molecule has 1 amide bonds. The fourth-order valence-electron chi connectivity index (χ4n) is 4.91. The van der Waals surface area contributed by atoms with Crippen molar-refractivity contribution in [1.82, 2.24) is 5.32 Å². The fourth-order valence-corrected chi connectivity index (χ4v) is 5.67. The van der Waals surface area contributed by atoms with Gasteiger partial charge in [0.2, 0.25) is 5.91 Å². The molecule has 9 nitrogen and oxygen atoms in total. The minimum absolute atomic E-state index is 0.0396. The Balaban J connectivity index is 4.46. The third-order valence-electron chi connectivity index (χ3n) is 7.67. The number of carbonyl (C=O) groups is 1. The van der Waals surface area contributed by atoms with Gasteiger partial charge in [0.05, 0.1) is 37.9 Å². The SMILES string of the molecule is CC/C=C/CC/C=C/CC/C=C/C(O)C(COP(=O)(O)OCCN)NC(=O)CC(O)CCCCCCC/C=C\CCCCCCCC. The predicted octanol–water partition coefficient (Wildman–Crippen LogP) is 8.35. The number of hydrogen-bond acceptors (Lipinski definition) is 7. The van der Waals surface area contributed by atoms with Gasteiger partial charge in [0.25, 0.3) is 0 Å². The molecular weight excluding hydrogens is 615 g/mol. The molecule has 0 aromatic heterocycles. The first-order chi connectivity index (χ1) is 22.8. The average molecular weight is 685 g/mol. The molecule has 6 N–H and O–H groups in total. The monoisotopic (exact) mass is 684 g/mol. The molecule has 0 aliphatic heterocycles. The van der Waals surface area contributed by atoms with Crippen molar-refractivity contribution in [3.8, 4) is 0 Å². The first kappa shape index (κ1) is 45.4. The standard InChI is InChI=1S/C37H69N2O7P/c1-3-5-7-9-11-13-15-16-17-18-19-20-22-24-26-28-34(40)32-37(42)39-35(33-46-47(43,44)45-31-30-38)36(41)29-27-25-23-21-14-12-10-8-6-4-2/h6,8,14,16-17,21,27,29,34-36,40-41H,3-5,7,9-13,15,18-20,22-26,28,30-33,38H2,1-2H3,(H,39,42)(H,43,44)/b8-6+,17-16-,21-14+,29-27+. The van der Waals surface area contributed by atoms with Gasteiger partial charge in [-0.3, -0.25) is 13.8 Å². The summed E-state index contributed by atoms with van der Waals surface area (Å²) < 4.78 is 21.9. The van der Waals surface area contributed by atoms with Gasteiger partial charge < -0.3 is 26.2 Å². The number of hydrogen-bond donors (Lipinski definition) is 5. The van der Waals surface area contributed by atoms with E-state index < -0.39 is 38.6 Å². The van der Waals surface area contributed by atoms with E-state index in [9.17, 15) is 24.5 Å². The lowest BCUT2D eigenvalue weighted by Gasteiger charge is -2.24. The Morgan fingerprint density at radius 2 is 1.28 bits per heavy atom. The molecule has 0 radical (unpaired) electrons. The molecule has 10 heteroatoms. The zero-order valence-electron chi connectivity index (χ0n) is 29.6. The van der Waals surface area contributed by atoms with Gasteiger partial charge in [-0.1, -0.05) is 120 Å². The summed E-state index contributed by atoms with van der Waals surface area (Å²) in [5.74, 6) is -0.470. The number of allylic oxidation sites excluding steroid dienone is 7. The second-order valence-electron chi connectivity index (χ2n) is 12.2. The number of nitrogens with one attached hydrogen (secondary N) is 1. The van der Waals surface area contributed by atoms with Crippen LogP contribution in [-0.2, 0) is 18.4 Å². The Kier molecular flexibility index (Phi) is 31.8. The van der Waals surface area contributed by atoms with Crippen LogP contribution in [0.1, 0.15) is 142 Å². The predicted molar refractivity (Wildman–Crippen MR) is 195 cm³/mol. The summed E-state index contributed by atoms with van der Waals surface area (Å²) in [5.41, 5.74) is 5.33. The van der Waals surface area contributed by atoms with Gasteiger partial charge in [-0.2, -0.15) is 0 Å². The van der Waals surface area contributed by atoms with E-state index in [-0.39, 0.29) is 19.6 Å². The van der Waals surface area contributed by atoms with Crippen molar-refractivity contribution in [3.05, 3.63) is 48.6 Å². The highest BCUT2D eigenvalue weighted by atomic mass is 31.2. The van der Waals surface area contributed by atoms with Gasteiger partial charge in [0.15, 0.2) is 0 Å². The van der Waals surface area contributed by atoms with Crippen molar-refractivity contribution in [2.75, 3.05) is 19.8 Å². The van der Waals surface area contributed by atoms with Crippen LogP contribution in [0.15, 0.2) is 48.6 Å². The molecule has 4 unspecified atom stereocenters. The summed E-state index contributed by atoms with van der Waals surface area (Å²) in [6, 6.07) is -1.01. The van der Waals surface area contributed by atoms with Gasteiger partial charge in [-0.05, 0) is 64.2 Å². The summed E-state index contributed by atoms with van der Waals surface area (Å²) in [7, 11) is -4.40. The van der Waals surface area contributed by atoms with Crippen molar-refractivity contribution in [2.45, 2.75) is 161 Å². The van der Waals surface area contributed by atoms with Gasteiger partial charge in [0.1, 0.15) is 0 Å². The number of aliphatic hydroxyl groups is 2. The van der Waals surface area contributed by atoms with Crippen LogP contribution in [0.25, 0.3) is 0 Å². The molecule has 0 aliphatic rings. The van der Waals surface area contributed by atoms with E-state index in [1.165, 1.54) is 57.4 Å². The van der Waals surface area contributed by atoms with E-state index in [0.29, 0.717) is 12.8 Å². The number of nitrogens with two attached hydrogens (primary N) is 1. The second kappa shape index (κ2) is 32.9. The van der Waals surface area contributed by atoms with Crippen LogP contribution in [0, 0.1) is 0 Å². The number of phosphoric acid groups is 1.